The molecule has 2 aliphatic rings. The monoisotopic (exact) mass is 417 g/mol. The highest BCUT2D eigenvalue weighted by Crippen LogP contribution is 2.39. The van der Waals surface area contributed by atoms with Gasteiger partial charge in [0, 0.05) is 12.3 Å². The number of benzene rings is 1. The summed E-state index contributed by atoms with van der Waals surface area (Å²) in [5.41, 5.74) is 1.00. The summed E-state index contributed by atoms with van der Waals surface area (Å²) in [4.78, 5) is 12.6. The van der Waals surface area contributed by atoms with Gasteiger partial charge >= 0.3 is 0 Å². The van der Waals surface area contributed by atoms with Crippen molar-refractivity contribution in [2.24, 2.45) is 5.92 Å². The van der Waals surface area contributed by atoms with Gasteiger partial charge in [-0.25, -0.2) is 4.68 Å². The number of ether oxygens (including phenoxy) is 2. The van der Waals surface area contributed by atoms with Crippen LogP contribution in [-0.4, -0.2) is 39.7 Å². The average molecular weight is 418 g/mol. The summed E-state index contributed by atoms with van der Waals surface area (Å²) in [7, 11) is 0. The molecule has 1 aliphatic carbocycles. The molecule has 1 aromatic heterocycles. The van der Waals surface area contributed by atoms with Gasteiger partial charge in [0.05, 0.1) is 25.0 Å². The second-order valence-corrected chi connectivity index (χ2v) is 8.76. The van der Waals surface area contributed by atoms with E-state index in [-0.39, 0.29) is 23.6 Å². The molecule has 4 rings (SSSR count). The second kappa shape index (κ2) is 8.52. The Hall–Kier alpha value is -2.42. The zero-order valence-corrected chi connectivity index (χ0v) is 17.6. The Kier molecular flexibility index (Phi) is 5.84. The number of nitrogens with two attached hydrogens (primary N) is 1. The lowest BCUT2D eigenvalue weighted by molar-refractivity contribution is -0.119. The second-order valence-electron chi connectivity index (χ2n) is 7.82. The van der Waals surface area contributed by atoms with Crippen molar-refractivity contribution in [2.75, 3.05) is 24.8 Å². The fourth-order valence-corrected chi connectivity index (χ4v) is 4.03. The van der Waals surface area contributed by atoms with Crippen molar-refractivity contribution >= 4 is 17.7 Å². The Morgan fingerprint density at radius 1 is 1.28 bits per heavy atom. The van der Waals surface area contributed by atoms with E-state index in [1.165, 1.54) is 16.4 Å². The number of hydrogen-bond donors (Lipinski definition) is 2. The highest BCUT2D eigenvalue weighted by Gasteiger charge is 2.30. The van der Waals surface area contributed by atoms with E-state index in [9.17, 15) is 4.79 Å². The molecule has 0 unspecified atom stereocenters. The van der Waals surface area contributed by atoms with Crippen molar-refractivity contribution in [3.05, 3.63) is 29.6 Å². The molecule has 0 bridgehead atoms. The van der Waals surface area contributed by atoms with Crippen LogP contribution in [0.2, 0.25) is 0 Å². The molecule has 1 aliphatic heterocycles. The van der Waals surface area contributed by atoms with E-state index in [4.69, 9.17) is 15.3 Å². The van der Waals surface area contributed by atoms with Crippen molar-refractivity contribution in [3.63, 3.8) is 0 Å². The highest BCUT2D eigenvalue weighted by atomic mass is 32.2. The van der Waals surface area contributed by atoms with Gasteiger partial charge in [-0.1, -0.05) is 31.7 Å². The number of aromatic nitrogens is 3. The van der Waals surface area contributed by atoms with Crippen LogP contribution in [0.4, 0.5) is 0 Å². The smallest absolute Gasteiger partial charge is 0.230 e. The van der Waals surface area contributed by atoms with Crippen LogP contribution < -0.4 is 20.6 Å². The Bertz CT molecular complexity index is 881. The van der Waals surface area contributed by atoms with Crippen molar-refractivity contribution in [1.82, 2.24) is 20.2 Å². The van der Waals surface area contributed by atoms with Gasteiger partial charge in [-0.05, 0) is 36.5 Å². The topological polar surface area (TPSA) is 104 Å². The zero-order valence-electron chi connectivity index (χ0n) is 16.8. The molecule has 2 heterocycles. The summed E-state index contributed by atoms with van der Waals surface area (Å²) in [5, 5.41) is 12.0. The number of thioether (sulfide) groups is 1. The highest BCUT2D eigenvalue weighted by molar-refractivity contribution is 7.99. The van der Waals surface area contributed by atoms with Crippen LogP contribution in [0.5, 0.6) is 11.5 Å². The summed E-state index contributed by atoms with van der Waals surface area (Å²) in [6.45, 7) is 5.45. The molecule has 3 N–H and O–H groups in total. The number of carbonyl (C=O) groups excluding carboxylic acids is 1. The van der Waals surface area contributed by atoms with E-state index >= 15 is 0 Å². The molecule has 1 fully saturated rings. The first-order valence-corrected chi connectivity index (χ1v) is 11.0. The average Bonchev–Trinajstić information content (AvgIpc) is 3.50. The number of carbonyl (C=O) groups is 1. The molecule has 1 aromatic carbocycles. The number of hydrogen-bond acceptors (Lipinski definition) is 7. The normalized spacial score (nSPS) is 17.1. The van der Waals surface area contributed by atoms with Gasteiger partial charge in [-0.15, -0.1) is 10.2 Å². The number of nitrogens with zero attached hydrogens (tertiary/aromatic N) is 3. The van der Waals surface area contributed by atoms with Crippen molar-refractivity contribution in [2.45, 2.75) is 50.2 Å². The lowest BCUT2D eigenvalue weighted by atomic mass is 9.95. The van der Waals surface area contributed by atoms with E-state index in [0.717, 1.165) is 42.1 Å². The van der Waals surface area contributed by atoms with Crippen LogP contribution in [-0.2, 0) is 4.79 Å². The van der Waals surface area contributed by atoms with Gasteiger partial charge in [0.25, 0.3) is 0 Å². The predicted octanol–water partition coefficient (Wildman–Crippen LogP) is 2.64. The van der Waals surface area contributed by atoms with Gasteiger partial charge < -0.3 is 20.6 Å². The van der Waals surface area contributed by atoms with Crippen molar-refractivity contribution < 1.29 is 14.3 Å². The quantitative estimate of drug-likeness (QED) is 0.527. The van der Waals surface area contributed by atoms with E-state index in [2.05, 4.69) is 29.4 Å². The Morgan fingerprint density at radius 3 is 2.76 bits per heavy atom. The lowest BCUT2D eigenvalue weighted by Gasteiger charge is -2.23. The first-order chi connectivity index (χ1) is 14.0. The van der Waals surface area contributed by atoms with Gasteiger partial charge in [-0.2, -0.15) is 0 Å². The molecule has 156 valence electrons. The zero-order chi connectivity index (χ0) is 20.4. The van der Waals surface area contributed by atoms with Crippen LogP contribution >= 0.6 is 11.8 Å². The van der Waals surface area contributed by atoms with E-state index < -0.39 is 0 Å². The molecule has 0 radical (unpaired) electrons. The summed E-state index contributed by atoms with van der Waals surface area (Å²) >= 11 is 1.30. The third kappa shape index (κ3) is 4.60. The minimum absolute atomic E-state index is 0.0724. The molecule has 1 amide bonds. The summed E-state index contributed by atoms with van der Waals surface area (Å²) < 4.78 is 13.0. The standard InChI is InChI=1S/C20H27N5O3S/c1-12(2)18(14-6-7-15-16(10-14)28-9-3-8-27-15)22-17(26)11-29-20-24-23-19(25(20)21)13-4-5-13/h6-7,10,12-13,18H,3-5,8-9,11,21H2,1-2H3,(H,22,26)/t18-/m0/s1. The fourth-order valence-electron chi connectivity index (χ4n) is 3.36. The molecule has 9 heteroatoms. The fraction of sp³-hybridized carbons (Fsp3) is 0.550. The van der Waals surface area contributed by atoms with Crippen LogP contribution in [0.15, 0.2) is 23.4 Å². The molecule has 8 nitrogen and oxygen atoms in total. The predicted molar refractivity (Wildman–Crippen MR) is 111 cm³/mol. The third-order valence-corrected chi connectivity index (χ3v) is 6.02. The molecule has 0 saturated heterocycles. The number of rotatable bonds is 7. The molecule has 1 atom stereocenters. The molecular weight excluding hydrogens is 390 g/mol. The number of amides is 1. The summed E-state index contributed by atoms with van der Waals surface area (Å²) in [6.07, 6.45) is 3.07. The number of nitrogen functional groups attached to an aromatic ring is 1. The first-order valence-electron chi connectivity index (χ1n) is 10.0. The van der Waals surface area contributed by atoms with Crippen molar-refractivity contribution in [1.29, 1.82) is 0 Å². The van der Waals surface area contributed by atoms with Crippen LogP contribution in [0.25, 0.3) is 0 Å². The minimum Gasteiger partial charge on any atom is -0.490 e. The number of nitrogens with one attached hydrogen (secondary N) is 1. The summed E-state index contributed by atoms with van der Waals surface area (Å²) in [5.74, 6) is 9.15. The number of fused-ring (bicyclic) bond motifs is 1. The molecule has 1 saturated carbocycles. The molecular formula is C20H27N5O3S. The van der Waals surface area contributed by atoms with Gasteiger partial charge in [0.2, 0.25) is 11.1 Å². The van der Waals surface area contributed by atoms with Crippen LogP contribution in [0, 0.1) is 5.92 Å². The third-order valence-electron chi connectivity index (χ3n) is 5.08. The Balaban J connectivity index is 1.40. The van der Waals surface area contributed by atoms with Crippen molar-refractivity contribution in [3.8, 4) is 11.5 Å². The summed E-state index contributed by atoms with van der Waals surface area (Å²) in [6, 6.07) is 5.75. The first kappa shape index (κ1) is 19.9. The maximum Gasteiger partial charge on any atom is 0.230 e. The molecule has 29 heavy (non-hydrogen) atoms. The molecule has 0 spiro atoms. The maximum absolute atomic E-state index is 12.6. The SMILES string of the molecule is CC(C)[C@H](NC(=O)CSc1nnc(C2CC2)n1N)c1ccc2c(c1)OCCCO2. The van der Waals surface area contributed by atoms with Gasteiger partial charge in [0.15, 0.2) is 17.3 Å². The lowest BCUT2D eigenvalue weighted by Crippen LogP contribution is -2.33. The van der Waals surface area contributed by atoms with Crippen LogP contribution in [0.1, 0.15) is 56.5 Å². The maximum atomic E-state index is 12.6. The van der Waals surface area contributed by atoms with E-state index in [1.54, 1.807) is 0 Å². The van der Waals surface area contributed by atoms with Gasteiger partial charge in [-0.3, -0.25) is 4.79 Å². The van der Waals surface area contributed by atoms with E-state index in [0.29, 0.717) is 24.3 Å². The Morgan fingerprint density at radius 2 is 2.03 bits per heavy atom. The Labute approximate surface area is 174 Å². The van der Waals surface area contributed by atoms with E-state index in [1.807, 2.05) is 18.2 Å². The largest absolute Gasteiger partial charge is 0.490 e. The minimum atomic E-state index is -0.127. The van der Waals surface area contributed by atoms with Crippen LogP contribution in [0.3, 0.4) is 0 Å². The molecule has 2 aromatic rings. The van der Waals surface area contributed by atoms with Gasteiger partial charge in [0.1, 0.15) is 0 Å².